The molecule has 2 aromatic rings. The predicted octanol–water partition coefficient (Wildman–Crippen LogP) is 3.67. The summed E-state index contributed by atoms with van der Waals surface area (Å²) in [5, 5.41) is -0.144. The second-order valence-electron chi connectivity index (χ2n) is 5.93. The van der Waals surface area contributed by atoms with Gasteiger partial charge in [-0.25, -0.2) is 8.78 Å². The summed E-state index contributed by atoms with van der Waals surface area (Å²) in [4.78, 5) is 13.9. The Morgan fingerprint density at radius 1 is 1.17 bits per heavy atom. The zero-order valence-electron chi connectivity index (χ0n) is 12.8. The molecule has 1 saturated heterocycles. The number of benzene rings is 2. The molecule has 2 aliphatic rings. The number of amides is 1. The van der Waals surface area contributed by atoms with Crippen molar-refractivity contribution in [2.24, 2.45) is 0 Å². The number of rotatable bonds is 3. The molecule has 6 heteroatoms. The Bertz CT molecular complexity index is 791. The predicted molar refractivity (Wildman–Crippen MR) is 87.7 cm³/mol. The number of ether oxygens (including phenoxy) is 1. The Morgan fingerprint density at radius 3 is 2.75 bits per heavy atom. The quantitative estimate of drug-likeness (QED) is 0.848. The van der Waals surface area contributed by atoms with Gasteiger partial charge in [-0.05, 0) is 41.0 Å². The van der Waals surface area contributed by atoms with E-state index in [-0.39, 0.29) is 17.8 Å². The van der Waals surface area contributed by atoms with E-state index in [4.69, 9.17) is 4.74 Å². The average Bonchev–Trinajstić information content (AvgIpc) is 3.13. The normalized spacial score (nSPS) is 19.5. The summed E-state index contributed by atoms with van der Waals surface area (Å²) in [6.07, 6.45) is 0.865. The molecule has 1 amide bonds. The van der Waals surface area contributed by atoms with E-state index < -0.39 is 11.6 Å². The molecule has 0 N–H and O–H groups in total. The number of fused-ring (bicyclic) bond motifs is 1. The van der Waals surface area contributed by atoms with Crippen molar-refractivity contribution in [2.45, 2.75) is 18.3 Å². The third kappa shape index (κ3) is 2.86. The molecule has 2 aromatic carbocycles. The van der Waals surface area contributed by atoms with Gasteiger partial charge in [-0.2, -0.15) is 0 Å². The smallest absolute Gasteiger partial charge is 0.234 e. The SMILES string of the molecule is O=C1CSC(c2ccc3c(c2)CCO3)N1Cc1cc(F)cc(F)c1. The van der Waals surface area contributed by atoms with E-state index in [1.54, 1.807) is 4.90 Å². The maximum atomic E-state index is 13.4. The third-order valence-corrected chi connectivity index (χ3v) is 5.50. The Hall–Kier alpha value is -2.08. The highest BCUT2D eigenvalue weighted by Crippen LogP contribution is 2.41. The summed E-state index contributed by atoms with van der Waals surface area (Å²) < 4.78 is 32.3. The van der Waals surface area contributed by atoms with Crippen molar-refractivity contribution in [3.8, 4) is 5.75 Å². The molecule has 24 heavy (non-hydrogen) atoms. The van der Waals surface area contributed by atoms with E-state index in [2.05, 4.69) is 6.07 Å². The Labute approximate surface area is 142 Å². The minimum atomic E-state index is -0.629. The highest BCUT2D eigenvalue weighted by molar-refractivity contribution is 8.00. The van der Waals surface area contributed by atoms with Gasteiger partial charge >= 0.3 is 0 Å². The van der Waals surface area contributed by atoms with E-state index in [1.165, 1.54) is 23.9 Å². The molecule has 1 unspecified atom stereocenters. The minimum absolute atomic E-state index is 0.0218. The summed E-state index contributed by atoms with van der Waals surface area (Å²) in [6.45, 7) is 0.876. The van der Waals surface area contributed by atoms with Crippen LogP contribution in [0.4, 0.5) is 8.78 Å². The monoisotopic (exact) mass is 347 g/mol. The van der Waals surface area contributed by atoms with Crippen LogP contribution in [0.2, 0.25) is 0 Å². The van der Waals surface area contributed by atoms with Gasteiger partial charge in [0.1, 0.15) is 22.8 Å². The molecule has 0 spiro atoms. The minimum Gasteiger partial charge on any atom is -0.493 e. The van der Waals surface area contributed by atoms with Gasteiger partial charge in [-0.15, -0.1) is 11.8 Å². The number of halogens is 2. The van der Waals surface area contributed by atoms with E-state index in [0.29, 0.717) is 17.9 Å². The molecule has 3 nitrogen and oxygen atoms in total. The maximum absolute atomic E-state index is 13.4. The molecule has 0 aliphatic carbocycles. The van der Waals surface area contributed by atoms with Crippen molar-refractivity contribution in [1.29, 1.82) is 0 Å². The summed E-state index contributed by atoms with van der Waals surface area (Å²) >= 11 is 1.53. The lowest BCUT2D eigenvalue weighted by atomic mass is 10.1. The molecule has 0 radical (unpaired) electrons. The number of hydrogen-bond donors (Lipinski definition) is 0. The van der Waals surface area contributed by atoms with Gasteiger partial charge in [0.05, 0.1) is 12.4 Å². The van der Waals surface area contributed by atoms with Gasteiger partial charge in [0.2, 0.25) is 5.91 Å². The van der Waals surface area contributed by atoms with E-state index in [0.717, 1.165) is 29.4 Å². The first-order valence-electron chi connectivity index (χ1n) is 7.72. The van der Waals surface area contributed by atoms with Gasteiger partial charge in [-0.1, -0.05) is 6.07 Å². The van der Waals surface area contributed by atoms with Crippen molar-refractivity contribution in [3.63, 3.8) is 0 Å². The molecule has 0 bridgehead atoms. The second kappa shape index (κ2) is 6.09. The molecular formula is C18H15F2NO2S. The standard InChI is InChI=1S/C18H15F2NO2S/c19-14-5-11(6-15(20)8-14)9-21-17(22)10-24-18(21)13-1-2-16-12(7-13)3-4-23-16/h1-2,5-8,18H,3-4,9-10H2. The molecule has 4 rings (SSSR count). The van der Waals surface area contributed by atoms with Crippen LogP contribution >= 0.6 is 11.8 Å². The summed E-state index contributed by atoms with van der Waals surface area (Å²) in [6, 6.07) is 9.33. The molecule has 1 fully saturated rings. The lowest BCUT2D eigenvalue weighted by Crippen LogP contribution is -2.27. The van der Waals surface area contributed by atoms with E-state index >= 15 is 0 Å². The van der Waals surface area contributed by atoms with Gasteiger partial charge in [0.15, 0.2) is 0 Å². The van der Waals surface area contributed by atoms with Crippen molar-refractivity contribution < 1.29 is 18.3 Å². The Balaban J connectivity index is 1.62. The van der Waals surface area contributed by atoms with Crippen LogP contribution in [-0.2, 0) is 17.8 Å². The lowest BCUT2D eigenvalue weighted by molar-refractivity contribution is -0.128. The number of carbonyl (C=O) groups excluding carboxylic acids is 1. The molecular weight excluding hydrogens is 332 g/mol. The molecule has 1 atom stereocenters. The average molecular weight is 347 g/mol. The van der Waals surface area contributed by atoms with Gasteiger partial charge in [0.25, 0.3) is 0 Å². The summed E-state index contributed by atoms with van der Waals surface area (Å²) in [7, 11) is 0. The summed E-state index contributed by atoms with van der Waals surface area (Å²) in [5.74, 6) is -0.0138. The zero-order chi connectivity index (χ0) is 16.7. The van der Waals surface area contributed by atoms with Crippen LogP contribution in [0.5, 0.6) is 5.75 Å². The van der Waals surface area contributed by atoms with Crippen LogP contribution in [0.1, 0.15) is 22.1 Å². The molecule has 0 saturated carbocycles. The fourth-order valence-electron chi connectivity index (χ4n) is 3.16. The van der Waals surface area contributed by atoms with Crippen molar-refractivity contribution in [2.75, 3.05) is 12.4 Å². The maximum Gasteiger partial charge on any atom is 0.234 e. The first-order valence-corrected chi connectivity index (χ1v) is 8.77. The number of hydrogen-bond acceptors (Lipinski definition) is 3. The Kier molecular flexibility index (Phi) is 3.92. The van der Waals surface area contributed by atoms with E-state index in [9.17, 15) is 13.6 Å². The van der Waals surface area contributed by atoms with Gasteiger partial charge in [0, 0.05) is 19.0 Å². The fraction of sp³-hybridized carbons (Fsp3) is 0.278. The van der Waals surface area contributed by atoms with Crippen LogP contribution < -0.4 is 4.74 Å². The van der Waals surface area contributed by atoms with Crippen molar-refractivity contribution >= 4 is 17.7 Å². The first kappa shape index (κ1) is 15.4. The molecule has 124 valence electrons. The van der Waals surface area contributed by atoms with Crippen LogP contribution in [0.15, 0.2) is 36.4 Å². The van der Waals surface area contributed by atoms with Crippen LogP contribution in [0.25, 0.3) is 0 Å². The van der Waals surface area contributed by atoms with Crippen LogP contribution in [0, 0.1) is 11.6 Å². The Morgan fingerprint density at radius 2 is 1.96 bits per heavy atom. The van der Waals surface area contributed by atoms with Crippen molar-refractivity contribution in [1.82, 2.24) is 4.90 Å². The highest BCUT2D eigenvalue weighted by Gasteiger charge is 2.33. The van der Waals surface area contributed by atoms with E-state index in [1.807, 2.05) is 12.1 Å². The van der Waals surface area contributed by atoms with Crippen LogP contribution in [-0.4, -0.2) is 23.2 Å². The summed E-state index contributed by atoms with van der Waals surface area (Å²) in [5.41, 5.74) is 2.62. The number of carbonyl (C=O) groups is 1. The largest absolute Gasteiger partial charge is 0.493 e. The number of nitrogens with zero attached hydrogens (tertiary/aromatic N) is 1. The molecule has 0 aromatic heterocycles. The fourth-order valence-corrected chi connectivity index (χ4v) is 4.34. The highest BCUT2D eigenvalue weighted by atomic mass is 32.2. The number of thioether (sulfide) groups is 1. The lowest BCUT2D eigenvalue weighted by Gasteiger charge is -2.24. The van der Waals surface area contributed by atoms with Gasteiger partial charge in [-0.3, -0.25) is 4.79 Å². The molecule has 2 heterocycles. The van der Waals surface area contributed by atoms with Gasteiger partial charge < -0.3 is 9.64 Å². The second-order valence-corrected chi connectivity index (χ2v) is 7.00. The first-order chi connectivity index (χ1) is 11.6. The zero-order valence-corrected chi connectivity index (χ0v) is 13.6. The van der Waals surface area contributed by atoms with Crippen LogP contribution in [0.3, 0.4) is 0 Å². The third-order valence-electron chi connectivity index (χ3n) is 4.24. The topological polar surface area (TPSA) is 29.5 Å². The van der Waals surface area contributed by atoms with Crippen molar-refractivity contribution in [3.05, 3.63) is 64.7 Å². The molecule has 2 aliphatic heterocycles.